The average molecular weight is 324 g/mol. The van der Waals surface area contributed by atoms with E-state index in [0.29, 0.717) is 18.1 Å². The Morgan fingerprint density at radius 3 is 2.71 bits per heavy atom. The fraction of sp³-hybridized carbons (Fsp3) is 0.125. The Balaban J connectivity index is 1.72. The number of methoxy groups -OCH3 is 1. The van der Waals surface area contributed by atoms with E-state index in [-0.39, 0.29) is 5.95 Å². The number of pyridine rings is 1. The van der Waals surface area contributed by atoms with Gasteiger partial charge in [-0.3, -0.25) is 5.43 Å². The van der Waals surface area contributed by atoms with Crippen LogP contribution >= 0.6 is 0 Å². The number of benzene rings is 1. The maximum Gasteiger partial charge on any atom is 0.358 e. The lowest BCUT2D eigenvalue weighted by Crippen LogP contribution is -2.28. The molecule has 24 heavy (non-hydrogen) atoms. The van der Waals surface area contributed by atoms with Crippen molar-refractivity contribution in [3.05, 3.63) is 71.0 Å². The first-order valence-corrected chi connectivity index (χ1v) is 7.26. The third-order valence-corrected chi connectivity index (χ3v) is 3.24. The van der Waals surface area contributed by atoms with Gasteiger partial charge in [0.2, 0.25) is 5.95 Å². The van der Waals surface area contributed by atoms with Gasteiger partial charge in [-0.25, -0.2) is 24.8 Å². The number of ether oxygens (including phenoxy) is 1. The van der Waals surface area contributed by atoms with Crippen molar-refractivity contribution in [3.63, 3.8) is 0 Å². The molecule has 0 amide bonds. The van der Waals surface area contributed by atoms with Gasteiger partial charge in [-0.15, -0.1) is 0 Å². The van der Waals surface area contributed by atoms with Gasteiger partial charge in [-0.05, 0) is 17.7 Å². The van der Waals surface area contributed by atoms with Crippen LogP contribution in [0.3, 0.4) is 0 Å². The number of hydrogen-bond donors (Lipinski definition) is 2. The number of hydrazine groups is 1. The van der Waals surface area contributed by atoms with Crippen LogP contribution in [0, 0.1) is 0 Å². The summed E-state index contributed by atoms with van der Waals surface area (Å²) in [7, 11) is 1.51. The molecule has 1 aromatic carbocycles. The van der Waals surface area contributed by atoms with E-state index < -0.39 is 5.69 Å². The Kier molecular flexibility index (Phi) is 4.78. The summed E-state index contributed by atoms with van der Waals surface area (Å²) in [4.78, 5) is 24.3. The lowest BCUT2D eigenvalue weighted by atomic mass is 10.2. The van der Waals surface area contributed by atoms with E-state index in [2.05, 4.69) is 25.8 Å². The van der Waals surface area contributed by atoms with E-state index >= 15 is 0 Å². The Morgan fingerprint density at radius 1 is 1.12 bits per heavy atom. The summed E-state index contributed by atoms with van der Waals surface area (Å²) in [5.41, 5.74) is 6.35. The van der Waals surface area contributed by atoms with E-state index in [0.717, 1.165) is 5.56 Å². The SMILES string of the molecule is COc1cccnc1-n1cnc(NNCc2ccccc2)nc1=O. The van der Waals surface area contributed by atoms with E-state index in [9.17, 15) is 4.79 Å². The molecule has 0 aliphatic heterocycles. The summed E-state index contributed by atoms with van der Waals surface area (Å²) in [5, 5.41) is 0. The standard InChI is InChI=1S/C16H16N6O2/c1-24-13-8-5-9-17-14(13)22-11-18-15(20-16(22)23)21-19-10-12-6-3-2-4-7-12/h2-9,11,19H,10H2,1H3,(H,20,21,23). The summed E-state index contributed by atoms with van der Waals surface area (Å²) < 4.78 is 6.42. The van der Waals surface area contributed by atoms with Crippen molar-refractivity contribution in [2.75, 3.05) is 12.5 Å². The highest BCUT2D eigenvalue weighted by Gasteiger charge is 2.09. The zero-order valence-corrected chi connectivity index (χ0v) is 13.0. The average Bonchev–Trinajstić information content (AvgIpc) is 2.63. The van der Waals surface area contributed by atoms with Crippen LogP contribution < -0.4 is 21.3 Å². The van der Waals surface area contributed by atoms with Gasteiger partial charge in [0.1, 0.15) is 6.33 Å². The van der Waals surface area contributed by atoms with E-state index in [1.165, 1.54) is 18.0 Å². The van der Waals surface area contributed by atoms with Crippen LogP contribution in [-0.4, -0.2) is 26.6 Å². The quantitative estimate of drug-likeness (QED) is 0.657. The highest BCUT2D eigenvalue weighted by atomic mass is 16.5. The molecule has 0 atom stereocenters. The number of anilines is 1. The fourth-order valence-corrected chi connectivity index (χ4v) is 2.08. The van der Waals surface area contributed by atoms with Gasteiger partial charge in [0, 0.05) is 12.7 Å². The van der Waals surface area contributed by atoms with Crippen LogP contribution in [0.4, 0.5) is 5.95 Å². The molecule has 2 N–H and O–H groups in total. The van der Waals surface area contributed by atoms with Crippen molar-refractivity contribution in [2.45, 2.75) is 6.54 Å². The molecule has 0 radical (unpaired) electrons. The Morgan fingerprint density at radius 2 is 1.96 bits per heavy atom. The summed E-state index contributed by atoms with van der Waals surface area (Å²) >= 11 is 0. The lowest BCUT2D eigenvalue weighted by Gasteiger charge is -2.10. The van der Waals surface area contributed by atoms with Gasteiger partial charge in [-0.1, -0.05) is 30.3 Å². The first-order valence-electron chi connectivity index (χ1n) is 7.26. The second-order valence-corrected chi connectivity index (χ2v) is 4.83. The molecule has 2 aromatic heterocycles. The van der Waals surface area contributed by atoms with Crippen LogP contribution in [0.15, 0.2) is 59.8 Å². The van der Waals surface area contributed by atoms with Crippen LogP contribution in [0.5, 0.6) is 5.75 Å². The zero-order valence-electron chi connectivity index (χ0n) is 13.0. The summed E-state index contributed by atoms with van der Waals surface area (Å²) in [6.07, 6.45) is 2.92. The number of rotatable bonds is 6. The summed E-state index contributed by atoms with van der Waals surface area (Å²) in [5.74, 6) is 0.988. The molecule has 3 rings (SSSR count). The number of hydrogen-bond acceptors (Lipinski definition) is 7. The molecule has 0 unspecified atom stereocenters. The maximum absolute atomic E-state index is 12.2. The zero-order chi connectivity index (χ0) is 16.8. The second kappa shape index (κ2) is 7.34. The molecular formula is C16H16N6O2. The Labute approximate surface area is 138 Å². The third-order valence-electron chi connectivity index (χ3n) is 3.24. The highest BCUT2D eigenvalue weighted by Crippen LogP contribution is 2.16. The Hall–Kier alpha value is -3.26. The first-order chi connectivity index (χ1) is 11.8. The maximum atomic E-state index is 12.2. The van der Waals surface area contributed by atoms with Gasteiger partial charge in [0.05, 0.1) is 7.11 Å². The minimum atomic E-state index is -0.508. The predicted molar refractivity (Wildman–Crippen MR) is 88.9 cm³/mol. The molecule has 0 aliphatic rings. The topological polar surface area (TPSA) is 94.0 Å². The van der Waals surface area contributed by atoms with E-state index in [1.54, 1.807) is 18.3 Å². The summed E-state index contributed by atoms with van der Waals surface area (Å²) in [6.45, 7) is 0.571. The molecule has 0 spiro atoms. The molecule has 3 aromatic rings. The fourth-order valence-electron chi connectivity index (χ4n) is 2.08. The molecule has 0 saturated carbocycles. The second-order valence-electron chi connectivity index (χ2n) is 4.83. The third kappa shape index (κ3) is 3.55. The molecular weight excluding hydrogens is 308 g/mol. The van der Waals surface area contributed by atoms with Gasteiger partial charge in [0.25, 0.3) is 0 Å². The minimum Gasteiger partial charge on any atom is -0.493 e. The molecule has 0 aliphatic carbocycles. The lowest BCUT2D eigenvalue weighted by molar-refractivity contribution is 0.410. The van der Waals surface area contributed by atoms with Crippen LogP contribution in [-0.2, 0) is 6.54 Å². The molecule has 0 fully saturated rings. The predicted octanol–water partition coefficient (Wildman–Crippen LogP) is 1.15. The summed E-state index contributed by atoms with van der Waals surface area (Å²) in [6, 6.07) is 13.3. The minimum absolute atomic E-state index is 0.182. The molecule has 8 nitrogen and oxygen atoms in total. The van der Waals surface area contributed by atoms with Gasteiger partial charge >= 0.3 is 5.69 Å². The van der Waals surface area contributed by atoms with Gasteiger partial charge < -0.3 is 4.74 Å². The number of aromatic nitrogens is 4. The van der Waals surface area contributed by atoms with E-state index in [4.69, 9.17) is 4.74 Å². The molecule has 0 bridgehead atoms. The van der Waals surface area contributed by atoms with Crippen LogP contribution in [0.2, 0.25) is 0 Å². The van der Waals surface area contributed by atoms with Crippen molar-refractivity contribution in [2.24, 2.45) is 0 Å². The molecule has 0 saturated heterocycles. The molecule has 8 heteroatoms. The van der Waals surface area contributed by atoms with Gasteiger partial charge in [0.15, 0.2) is 11.6 Å². The number of nitrogens with one attached hydrogen (secondary N) is 2. The van der Waals surface area contributed by atoms with Crippen molar-refractivity contribution in [3.8, 4) is 11.6 Å². The normalized spacial score (nSPS) is 10.4. The van der Waals surface area contributed by atoms with Crippen molar-refractivity contribution in [1.29, 1.82) is 0 Å². The van der Waals surface area contributed by atoms with Crippen LogP contribution in [0.1, 0.15) is 5.56 Å². The van der Waals surface area contributed by atoms with Crippen LogP contribution in [0.25, 0.3) is 5.82 Å². The van der Waals surface area contributed by atoms with Crippen molar-refractivity contribution >= 4 is 5.95 Å². The first kappa shape index (κ1) is 15.6. The number of nitrogens with zero attached hydrogens (tertiary/aromatic N) is 4. The van der Waals surface area contributed by atoms with Crippen molar-refractivity contribution < 1.29 is 4.74 Å². The molecule has 2 heterocycles. The molecule has 122 valence electrons. The highest BCUT2D eigenvalue weighted by molar-refractivity contribution is 5.39. The van der Waals surface area contributed by atoms with E-state index in [1.807, 2.05) is 30.3 Å². The monoisotopic (exact) mass is 324 g/mol. The van der Waals surface area contributed by atoms with Gasteiger partial charge in [-0.2, -0.15) is 4.98 Å². The Bertz CT molecular complexity index is 866. The van der Waals surface area contributed by atoms with Crippen molar-refractivity contribution in [1.82, 2.24) is 24.9 Å². The largest absolute Gasteiger partial charge is 0.493 e. The smallest absolute Gasteiger partial charge is 0.358 e.